The quantitative estimate of drug-likeness (QED) is 0.613. The van der Waals surface area contributed by atoms with E-state index in [2.05, 4.69) is 47.8 Å². The maximum atomic E-state index is 5.57. The molecule has 23 heavy (non-hydrogen) atoms. The summed E-state index contributed by atoms with van der Waals surface area (Å²) >= 11 is 5.57. The number of aryl methyl sites for hydroxylation is 2. The Balaban J connectivity index is 1.82. The van der Waals surface area contributed by atoms with Crippen LogP contribution in [0.4, 0.5) is 0 Å². The van der Waals surface area contributed by atoms with Crippen molar-refractivity contribution in [3.63, 3.8) is 0 Å². The molecule has 0 bridgehead atoms. The van der Waals surface area contributed by atoms with Gasteiger partial charge in [0.15, 0.2) is 4.77 Å². The molecule has 1 unspecified atom stereocenters. The molecule has 0 aliphatic carbocycles. The second kappa shape index (κ2) is 6.81. The fraction of sp³-hybridized carbons (Fsp3) is 0.444. The number of hydrogen-bond donors (Lipinski definition) is 0. The molecule has 1 saturated heterocycles. The minimum Gasteiger partial charge on any atom is -0.300 e. The van der Waals surface area contributed by atoms with E-state index < -0.39 is 0 Å². The second-order valence-corrected chi connectivity index (χ2v) is 6.62. The van der Waals surface area contributed by atoms with Gasteiger partial charge in [-0.3, -0.25) is 4.90 Å². The molecule has 1 fully saturated rings. The van der Waals surface area contributed by atoms with Crippen LogP contribution in [-0.2, 0) is 13.2 Å². The number of aromatic nitrogens is 3. The van der Waals surface area contributed by atoms with Crippen molar-refractivity contribution in [2.24, 2.45) is 0 Å². The average Bonchev–Trinajstić information content (AvgIpc) is 3.09. The van der Waals surface area contributed by atoms with Gasteiger partial charge in [0, 0.05) is 19.1 Å². The molecule has 122 valence electrons. The van der Waals surface area contributed by atoms with Gasteiger partial charge in [-0.25, -0.2) is 4.68 Å². The lowest BCUT2D eigenvalue weighted by atomic mass is 10.0. The SMILES string of the molecule is C=CCn1c(C)nn(CN2CCCC2c2ccc(C)cc2)c1=S. The molecule has 4 nitrogen and oxygen atoms in total. The molecule has 1 aromatic carbocycles. The molecule has 2 aromatic rings. The van der Waals surface area contributed by atoms with Crippen molar-refractivity contribution < 1.29 is 0 Å². The molecule has 1 aliphatic rings. The molecule has 0 radical (unpaired) electrons. The van der Waals surface area contributed by atoms with Gasteiger partial charge in [-0.05, 0) is 44.5 Å². The highest BCUT2D eigenvalue weighted by atomic mass is 32.1. The highest BCUT2D eigenvalue weighted by molar-refractivity contribution is 7.71. The summed E-state index contributed by atoms with van der Waals surface area (Å²) in [5.41, 5.74) is 2.70. The van der Waals surface area contributed by atoms with Gasteiger partial charge < -0.3 is 4.57 Å². The number of rotatable bonds is 5. The summed E-state index contributed by atoms with van der Waals surface area (Å²) in [6.07, 6.45) is 4.28. The summed E-state index contributed by atoms with van der Waals surface area (Å²) in [6, 6.07) is 9.35. The van der Waals surface area contributed by atoms with Crippen molar-refractivity contribution in [2.75, 3.05) is 6.54 Å². The molecule has 1 atom stereocenters. The number of benzene rings is 1. The van der Waals surface area contributed by atoms with Crippen LogP contribution >= 0.6 is 12.2 Å². The summed E-state index contributed by atoms with van der Waals surface area (Å²) in [4.78, 5) is 2.48. The first-order valence-corrected chi connectivity index (χ1v) is 8.56. The van der Waals surface area contributed by atoms with Crippen LogP contribution in [-0.4, -0.2) is 25.8 Å². The monoisotopic (exact) mass is 328 g/mol. The van der Waals surface area contributed by atoms with Gasteiger partial charge in [-0.15, -0.1) is 6.58 Å². The van der Waals surface area contributed by atoms with E-state index in [1.807, 2.05) is 22.2 Å². The van der Waals surface area contributed by atoms with Crippen molar-refractivity contribution in [1.29, 1.82) is 0 Å². The topological polar surface area (TPSA) is 26.0 Å². The lowest BCUT2D eigenvalue weighted by Gasteiger charge is -2.24. The Hall–Kier alpha value is -1.72. The van der Waals surface area contributed by atoms with Gasteiger partial charge in [0.1, 0.15) is 5.82 Å². The molecular formula is C18H24N4S. The Labute approximate surface area is 143 Å². The average molecular weight is 328 g/mol. The molecule has 3 rings (SSSR count). The summed E-state index contributed by atoms with van der Waals surface area (Å²) in [6.45, 7) is 10.5. The zero-order valence-corrected chi connectivity index (χ0v) is 14.7. The molecule has 5 heteroatoms. The minimum atomic E-state index is 0.461. The van der Waals surface area contributed by atoms with E-state index in [0.717, 1.165) is 23.8 Å². The van der Waals surface area contributed by atoms with Gasteiger partial charge >= 0.3 is 0 Å². The van der Waals surface area contributed by atoms with Crippen molar-refractivity contribution in [1.82, 2.24) is 19.2 Å². The number of likely N-dealkylation sites (tertiary alicyclic amines) is 1. The van der Waals surface area contributed by atoms with Crippen molar-refractivity contribution >= 4 is 12.2 Å². The van der Waals surface area contributed by atoms with E-state index in [4.69, 9.17) is 12.2 Å². The van der Waals surface area contributed by atoms with Crippen molar-refractivity contribution in [2.45, 2.75) is 45.9 Å². The van der Waals surface area contributed by atoms with E-state index in [1.165, 1.54) is 24.0 Å². The molecule has 0 saturated carbocycles. The third kappa shape index (κ3) is 3.31. The van der Waals surface area contributed by atoms with Crippen LogP contribution in [0.25, 0.3) is 0 Å². The largest absolute Gasteiger partial charge is 0.300 e. The molecule has 1 aromatic heterocycles. The highest BCUT2D eigenvalue weighted by Crippen LogP contribution is 2.32. The van der Waals surface area contributed by atoms with Crippen LogP contribution in [0.1, 0.15) is 35.8 Å². The first-order valence-electron chi connectivity index (χ1n) is 8.16. The Kier molecular flexibility index (Phi) is 4.78. The van der Waals surface area contributed by atoms with Crippen LogP contribution < -0.4 is 0 Å². The van der Waals surface area contributed by atoms with Gasteiger partial charge in [0.25, 0.3) is 0 Å². The maximum Gasteiger partial charge on any atom is 0.199 e. The first-order chi connectivity index (χ1) is 11.1. The predicted octanol–water partition coefficient (Wildman–Crippen LogP) is 4.01. The normalized spacial score (nSPS) is 18.4. The Bertz CT molecular complexity index is 741. The minimum absolute atomic E-state index is 0.461. The van der Waals surface area contributed by atoms with Crippen LogP contribution in [0.5, 0.6) is 0 Å². The lowest BCUT2D eigenvalue weighted by molar-refractivity contribution is 0.189. The maximum absolute atomic E-state index is 5.57. The third-order valence-electron chi connectivity index (χ3n) is 4.56. The van der Waals surface area contributed by atoms with Crippen LogP contribution in [0.3, 0.4) is 0 Å². The van der Waals surface area contributed by atoms with E-state index >= 15 is 0 Å². The molecule has 0 amide bonds. The molecule has 1 aliphatic heterocycles. The summed E-state index contributed by atoms with van der Waals surface area (Å²) in [5, 5.41) is 4.62. The van der Waals surface area contributed by atoms with Gasteiger partial charge in [-0.2, -0.15) is 5.10 Å². The van der Waals surface area contributed by atoms with Gasteiger partial charge in [-0.1, -0.05) is 35.9 Å². The van der Waals surface area contributed by atoms with Crippen molar-refractivity contribution in [3.05, 3.63) is 58.6 Å². The number of allylic oxidation sites excluding steroid dienone is 1. The van der Waals surface area contributed by atoms with E-state index in [1.54, 1.807) is 0 Å². The fourth-order valence-electron chi connectivity index (χ4n) is 3.31. The molecule has 0 N–H and O–H groups in total. The van der Waals surface area contributed by atoms with Gasteiger partial charge in [0.2, 0.25) is 0 Å². The van der Waals surface area contributed by atoms with Crippen LogP contribution in [0.15, 0.2) is 36.9 Å². The Morgan fingerprint density at radius 1 is 1.30 bits per heavy atom. The summed E-state index contributed by atoms with van der Waals surface area (Å²) in [7, 11) is 0. The van der Waals surface area contributed by atoms with Crippen LogP contribution in [0.2, 0.25) is 0 Å². The molecular weight excluding hydrogens is 304 g/mol. The number of nitrogens with zero attached hydrogens (tertiary/aromatic N) is 4. The summed E-state index contributed by atoms with van der Waals surface area (Å²) < 4.78 is 4.75. The standard InChI is InChI=1S/C18H24N4S/c1-4-11-21-15(3)19-22(18(21)23)13-20-12-5-6-17(20)16-9-7-14(2)8-10-16/h4,7-10,17H,1,5-6,11-13H2,2-3H3. The fourth-order valence-corrected chi connectivity index (χ4v) is 3.62. The lowest BCUT2D eigenvalue weighted by Crippen LogP contribution is -2.27. The predicted molar refractivity (Wildman–Crippen MR) is 95.8 cm³/mol. The van der Waals surface area contributed by atoms with Crippen LogP contribution in [0, 0.1) is 18.6 Å². The molecule has 0 spiro atoms. The van der Waals surface area contributed by atoms with Gasteiger partial charge in [0.05, 0.1) is 6.67 Å². The Morgan fingerprint density at radius 3 is 2.74 bits per heavy atom. The zero-order valence-electron chi connectivity index (χ0n) is 13.9. The highest BCUT2D eigenvalue weighted by Gasteiger charge is 2.26. The number of hydrogen-bond acceptors (Lipinski definition) is 3. The third-order valence-corrected chi connectivity index (χ3v) is 4.99. The summed E-state index contributed by atoms with van der Waals surface area (Å²) in [5.74, 6) is 0.945. The van der Waals surface area contributed by atoms with E-state index in [0.29, 0.717) is 12.6 Å². The van der Waals surface area contributed by atoms with E-state index in [-0.39, 0.29) is 0 Å². The first kappa shape index (κ1) is 16.1. The van der Waals surface area contributed by atoms with E-state index in [9.17, 15) is 0 Å². The smallest absolute Gasteiger partial charge is 0.199 e. The Morgan fingerprint density at radius 2 is 2.04 bits per heavy atom. The second-order valence-electron chi connectivity index (χ2n) is 6.25. The van der Waals surface area contributed by atoms with Crippen molar-refractivity contribution in [3.8, 4) is 0 Å². The molecule has 2 heterocycles. The zero-order chi connectivity index (χ0) is 16.4.